The van der Waals surface area contributed by atoms with E-state index in [4.69, 9.17) is 20.8 Å². The van der Waals surface area contributed by atoms with Crippen LogP contribution in [-0.2, 0) is 10.5 Å². The zero-order valence-electron chi connectivity index (χ0n) is 17.7. The molecule has 0 saturated carbocycles. The first kappa shape index (κ1) is 21.9. The zero-order valence-corrected chi connectivity index (χ0v) is 18.5. The number of carbonyl (C=O) groups excluding carboxylic acids is 2. The van der Waals surface area contributed by atoms with Crippen LogP contribution < -0.4 is 10.2 Å². The molecule has 0 saturated heterocycles. The van der Waals surface area contributed by atoms with E-state index in [0.29, 0.717) is 11.1 Å². The minimum Gasteiger partial charge on any atom is -0.450 e. The number of hydrogen-bond donors (Lipinski definition) is 2. The molecule has 1 aliphatic heterocycles. The number of anilines is 2. The monoisotopic (exact) mass is 481 g/mol. The molecular formula is C24H17ClFN3O5. The summed E-state index contributed by atoms with van der Waals surface area (Å²) in [6.07, 6.45) is -0.731. The number of halogens is 2. The Balaban J connectivity index is 1.66. The van der Waals surface area contributed by atoms with E-state index < -0.39 is 23.5 Å². The van der Waals surface area contributed by atoms with Crippen molar-refractivity contribution in [2.75, 3.05) is 16.8 Å². The maximum Gasteiger partial charge on any atom is 0.415 e. The number of aromatic nitrogens is 1. The molecule has 1 aliphatic rings. The van der Waals surface area contributed by atoms with Crippen LogP contribution in [0.1, 0.15) is 28.4 Å². The highest BCUT2D eigenvalue weighted by Crippen LogP contribution is 2.46. The fourth-order valence-corrected chi connectivity index (χ4v) is 4.22. The Morgan fingerprint density at radius 3 is 2.82 bits per heavy atom. The van der Waals surface area contributed by atoms with Gasteiger partial charge in [-0.25, -0.2) is 14.5 Å². The van der Waals surface area contributed by atoms with E-state index in [1.54, 1.807) is 31.2 Å². The van der Waals surface area contributed by atoms with Crippen LogP contribution in [-0.4, -0.2) is 28.7 Å². The highest BCUT2D eigenvalue weighted by atomic mass is 35.5. The Morgan fingerprint density at radius 1 is 1.24 bits per heavy atom. The molecule has 1 unspecified atom stereocenters. The van der Waals surface area contributed by atoms with E-state index in [1.165, 1.54) is 36.4 Å². The predicted molar refractivity (Wildman–Crippen MR) is 122 cm³/mol. The summed E-state index contributed by atoms with van der Waals surface area (Å²) in [5.41, 5.74) is -0.921. The number of aliphatic hydroxyl groups is 1. The van der Waals surface area contributed by atoms with Crippen molar-refractivity contribution in [3.05, 3.63) is 88.2 Å². The van der Waals surface area contributed by atoms with E-state index in [9.17, 15) is 14.7 Å². The predicted octanol–water partition coefficient (Wildman–Crippen LogP) is 5.04. The first-order valence-electron chi connectivity index (χ1n) is 10.3. The van der Waals surface area contributed by atoms with Gasteiger partial charge >= 0.3 is 12.1 Å². The van der Waals surface area contributed by atoms with Gasteiger partial charge in [0.05, 0.1) is 17.3 Å². The molecule has 0 radical (unpaired) electrons. The maximum absolute atomic E-state index is 15.0. The van der Waals surface area contributed by atoms with Gasteiger partial charge in [-0.1, -0.05) is 35.9 Å². The minimum absolute atomic E-state index is 0.0989. The van der Waals surface area contributed by atoms with Gasteiger partial charge in [-0.3, -0.25) is 9.69 Å². The van der Waals surface area contributed by atoms with E-state index in [2.05, 4.69) is 10.3 Å². The van der Waals surface area contributed by atoms with Crippen LogP contribution in [0.25, 0.3) is 11.1 Å². The molecular weight excluding hydrogens is 465 g/mol. The third-order valence-electron chi connectivity index (χ3n) is 5.51. The van der Waals surface area contributed by atoms with Crippen molar-refractivity contribution in [3.8, 4) is 0 Å². The number of rotatable bonds is 4. The first-order valence-corrected chi connectivity index (χ1v) is 10.7. The number of ether oxygens (including phenoxy) is 1. The largest absolute Gasteiger partial charge is 0.450 e. The molecule has 4 aromatic rings. The molecule has 0 bridgehead atoms. The average molecular weight is 482 g/mol. The van der Waals surface area contributed by atoms with Crippen LogP contribution in [0.2, 0.25) is 5.02 Å². The van der Waals surface area contributed by atoms with Gasteiger partial charge in [0, 0.05) is 16.7 Å². The Morgan fingerprint density at radius 2 is 2.03 bits per heavy atom. The summed E-state index contributed by atoms with van der Waals surface area (Å²) in [5.74, 6) is -1.43. The molecule has 1 aromatic heterocycles. The summed E-state index contributed by atoms with van der Waals surface area (Å²) in [4.78, 5) is 30.2. The summed E-state index contributed by atoms with van der Waals surface area (Å²) in [7, 11) is 0. The van der Waals surface area contributed by atoms with Crippen LogP contribution in [0.15, 0.2) is 65.1 Å². The van der Waals surface area contributed by atoms with E-state index in [1.807, 2.05) is 0 Å². The van der Waals surface area contributed by atoms with Crippen molar-refractivity contribution in [3.63, 3.8) is 0 Å². The van der Waals surface area contributed by atoms with Crippen LogP contribution in [0.3, 0.4) is 0 Å². The molecule has 10 heteroatoms. The van der Waals surface area contributed by atoms with E-state index >= 15 is 4.39 Å². The van der Waals surface area contributed by atoms with Gasteiger partial charge in [-0.2, -0.15) is 4.98 Å². The topological polar surface area (TPSA) is 105 Å². The van der Waals surface area contributed by atoms with Crippen molar-refractivity contribution in [1.82, 2.24) is 4.98 Å². The number of nitrogens with one attached hydrogen (secondary N) is 1. The van der Waals surface area contributed by atoms with Crippen molar-refractivity contribution in [1.29, 1.82) is 0 Å². The van der Waals surface area contributed by atoms with Crippen LogP contribution in [0.5, 0.6) is 0 Å². The van der Waals surface area contributed by atoms with Crippen molar-refractivity contribution in [2.45, 2.75) is 12.6 Å². The first-order chi connectivity index (χ1) is 16.3. The van der Waals surface area contributed by atoms with Crippen LogP contribution in [0.4, 0.5) is 20.9 Å². The van der Waals surface area contributed by atoms with Gasteiger partial charge in [0.1, 0.15) is 5.52 Å². The second-order valence-corrected chi connectivity index (χ2v) is 7.89. The number of oxazole rings is 1. The number of hydrogen-bond acceptors (Lipinski definition) is 6. The lowest BCUT2D eigenvalue weighted by Gasteiger charge is -2.35. The SMILES string of the molecule is CCOC(=O)Nc1nc2cc(C3(O)c4ccccc4C(=O)N3c3cccc(Cl)c3F)ccc2o1. The van der Waals surface area contributed by atoms with Gasteiger partial charge in [0.25, 0.3) is 5.91 Å². The molecule has 2 heterocycles. The molecule has 172 valence electrons. The fourth-order valence-electron chi connectivity index (χ4n) is 4.05. The zero-order chi connectivity index (χ0) is 24.0. The second-order valence-electron chi connectivity index (χ2n) is 7.48. The lowest BCUT2D eigenvalue weighted by molar-refractivity contribution is 0.0699. The van der Waals surface area contributed by atoms with Gasteiger partial charge in [-0.15, -0.1) is 0 Å². The third kappa shape index (κ3) is 3.28. The van der Waals surface area contributed by atoms with Crippen molar-refractivity contribution in [2.24, 2.45) is 0 Å². The Hall–Kier alpha value is -3.95. The number of fused-ring (bicyclic) bond motifs is 2. The highest BCUT2D eigenvalue weighted by Gasteiger charge is 2.51. The molecule has 0 aliphatic carbocycles. The van der Waals surface area contributed by atoms with Crippen molar-refractivity contribution >= 4 is 46.4 Å². The Labute approximate surface area is 197 Å². The molecule has 8 nitrogen and oxygen atoms in total. The molecule has 0 fully saturated rings. The summed E-state index contributed by atoms with van der Waals surface area (Å²) in [5, 5.41) is 14.2. The molecule has 0 spiro atoms. The molecule has 1 atom stereocenters. The minimum atomic E-state index is -2.07. The quantitative estimate of drug-likeness (QED) is 0.423. The number of amides is 2. The summed E-state index contributed by atoms with van der Waals surface area (Å²) in [6.45, 7) is 1.83. The molecule has 3 aromatic carbocycles. The van der Waals surface area contributed by atoms with Gasteiger partial charge in [0.15, 0.2) is 17.1 Å². The van der Waals surface area contributed by atoms with Gasteiger partial charge in [0.2, 0.25) is 0 Å². The molecule has 2 N–H and O–H groups in total. The molecule has 2 amide bonds. The highest BCUT2D eigenvalue weighted by molar-refractivity contribution is 6.31. The number of carbonyl (C=O) groups is 2. The maximum atomic E-state index is 15.0. The lowest BCUT2D eigenvalue weighted by Crippen LogP contribution is -2.45. The van der Waals surface area contributed by atoms with Gasteiger partial charge in [-0.05, 0) is 43.3 Å². The second kappa shape index (κ2) is 8.12. The summed E-state index contributed by atoms with van der Waals surface area (Å²) in [6, 6.07) is 15.2. The summed E-state index contributed by atoms with van der Waals surface area (Å²) >= 11 is 5.97. The van der Waals surface area contributed by atoms with Crippen molar-refractivity contribution < 1.29 is 28.2 Å². The van der Waals surface area contributed by atoms with Gasteiger partial charge < -0.3 is 14.3 Å². The number of benzene rings is 3. The normalized spacial score (nSPS) is 17.2. The Bertz CT molecular complexity index is 1460. The molecule has 34 heavy (non-hydrogen) atoms. The molecule has 5 rings (SSSR count). The fraction of sp³-hybridized carbons (Fsp3) is 0.125. The Kier molecular flexibility index (Phi) is 5.22. The standard InChI is InChI=1S/C24H17ClFN3O5/c1-2-33-23(31)28-22-27-17-12-13(10-11-19(17)34-22)24(32)15-7-4-3-6-14(15)21(30)29(24)18-9-5-8-16(25)20(18)26/h3-12,32H,2H2,1H3,(H,27,28,31). The average Bonchev–Trinajstić information content (AvgIpc) is 3.32. The lowest BCUT2D eigenvalue weighted by atomic mass is 9.93. The van der Waals surface area contributed by atoms with E-state index in [0.717, 1.165) is 4.90 Å². The summed E-state index contributed by atoms with van der Waals surface area (Å²) < 4.78 is 25.4. The number of nitrogens with zero attached hydrogens (tertiary/aromatic N) is 2. The van der Waals surface area contributed by atoms with Crippen LogP contribution >= 0.6 is 11.6 Å². The smallest absolute Gasteiger partial charge is 0.415 e. The van der Waals surface area contributed by atoms with Crippen LogP contribution in [0, 0.1) is 5.82 Å². The third-order valence-corrected chi connectivity index (χ3v) is 5.80. The van der Waals surface area contributed by atoms with E-state index in [-0.39, 0.29) is 40.0 Å².